The van der Waals surface area contributed by atoms with Crippen LogP contribution in [-0.2, 0) is 12.8 Å². The first kappa shape index (κ1) is 12.7. The molecular weight excluding hydrogens is 285 g/mol. The van der Waals surface area contributed by atoms with Crippen molar-refractivity contribution in [2.45, 2.75) is 25.7 Å². The van der Waals surface area contributed by atoms with E-state index in [4.69, 9.17) is 5.73 Å². The highest BCUT2D eigenvalue weighted by Crippen LogP contribution is 2.38. The number of anilines is 1. The average Bonchev–Trinajstić information content (AvgIpc) is 2.86. The van der Waals surface area contributed by atoms with E-state index < -0.39 is 0 Å². The first-order chi connectivity index (χ1) is 10.2. The predicted molar refractivity (Wildman–Crippen MR) is 83.9 cm³/mol. The lowest BCUT2D eigenvalue weighted by Crippen LogP contribution is -2.02. The Bertz CT molecular complexity index is 841. The van der Waals surface area contributed by atoms with E-state index in [0.717, 1.165) is 23.1 Å². The third-order valence-electron chi connectivity index (χ3n) is 3.96. The van der Waals surface area contributed by atoms with Gasteiger partial charge >= 0.3 is 0 Å². The zero-order chi connectivity index (χ0) is 14.4. The molecule has 1 aliphatic carbocycles. The molecule has 0 fully saturated rings. The Morgan fingerprint density at radius 1 is 1.10 bits per heavy atom. The van der Waals surface area contributed by atoms with Gasteiger partial charge in [0.25, 0.3) is 0 Å². The van der Waals surface area contributed by atoms with Crippen molar-refractivity contribution in [3.63, 3.8) is 0 Å². The molecule has 0 bridgehead atoms. The summed E-state index contributed by atoms with van der Waals surface area (Å²) in [5.74, 6) is 0.520. The van der Waals surface area contributed by atoms with Gasteiger partial charge in [0.1, 0.15) is 16.5 Å². The number of nitrogens with two attached hydrogens (primary N) is 1. The molecule has 0 radical (unpaired) electrons. The number of halogens is 1. The molecule has 0 atom stereocenters. The zero-order valence-corrected chi connectivity index (χ0v) is 12.2. The summed E-state index contributed by atoms with van der Waals surface area (Å²) in [7, 11) is 0. The van der Waals surface area contributed by atoms with E-state index in [0.29, 0.717) is 17.2 Å². The molecule has 2 aromatic heterocycles. The number of hydrogen-bond donors (Lipinski definition) is 1. The van der Waals surface area contributed by atoms with Crippen molar-refractivity contribution in [1.82, 2.24) is 9.97 Å². The van der Waals surface area contributed by atoms with Crippen molar-refractivity contribution in [3.8, 4) is 11.4 Å². The van der Waals surface area contributed by atoms with Crippen LogP contribution >= 0.6 is 11.3 Å². The molecule has 0 saturated heterocycles. The normalized spacial score (nSPS) is 14.3. The molecule has 0 saturated carbocycles. The standard InChI is InChI=1S/C16H14FN3S/c17-11-7-3-1-5-9(11)15-19-14(18)13-10-6-2-4-8-12(10)21-16(13)20-15/h1,3,5,7H,2,4,6,8H2,(H2,18,19,20). The summed E-state index contributed by atoms with van der Waals surface area (Å²) in [5.41, 5.74) is 7.85. The lowest BCUT2D eigenvalue weighted by molar-refractivity contribution is 0.630. The molecule has 2 N–H and O–H groups in total. The van der Waals surface area contributed by atoms with E-state index in [2.05, 4.69) is 9.97 Å². The number of fused-ring (bicyclic) bond motifs is 3. The number of benzene rings is 1. The summed E-state index contributed by atoms with van der Waals surface area (Å²) in [6.45, 7) is 0. The van der Waals surface area contributed by atoms with E-state index in [1.54, 1.807) is 29.5 Å². The fraction of sp³-hybridized carbons (Fsp3) is 0.250. The van der Waals surface area contributed by atoms with Gasteiger partial charge in [0.2, 0.25) is 0 Å². The minimum absolute atomic E-state index is 0.322. The van der Waals surface area contributed by atoms with Crippen LogP contribution in [-0.4, -0.2) is 9.97 Å². The van der Waals surface area contributed by atoms with Crippen molar-refractivity contribution >= 4 is 27.4 Å². The topological polar surface area (TPSA) is 51.8 Å². The van der Waals surface area contributed by atoms with E-state index in [1.807, 2.05) is 0 Å². The third kappa shape index (κ3) is 2.00. The fourth-order valence-electron chi connectivity index (χ4n) is 2.95. The second-order valence-corrected chi connectivity index (χ2v) is 6.39. The molecule has 2 heterocycles. The van der Waals surface area contributed by atoms with Gasteiger partial charge in [-0.2, -0.15) is 0 Å². The van der Waals surface area contributed by atoms with Gasteiger partial charge in [0, 0.05) is 4.88 Å². The third-order valence-corrected chi connectivity index (χ3v) is 5.14. The number of nitrogen functional groups attached to an aromatic ring is 1. The number of rotatable bonds is 1. The maximum Gasteiger partial charge on any atom is 0.166 e. The molecule has 3 nitrogen and oxygen atoms in total. The Morgan fingerprint density at radius 2 is 1.90 bits per heavy atom. The quantitative estimate of drug-likeness (QED) is 0.740. The second kappa shape index (κ2) is 4.77. The Labute approximate surface area is 125 Å². The van der Waals surface area contributed by atoms with Gasteiger partial charge in [0.05, 0.1) is 10.9 Å². The van der Waals surface area contributed by atoms with Crippen molar-refractivity contribution in [2.24, 2.45) is 0 Å². The molecule has 0 unspecified atom stereocenters. The highest BCUT2D eigenvalue weighted by atomic mass is 32.1. The summed E-state index contributed by atoms with van der Waals surface area (Å²) in [5, 5.41) is 0.981. The molecular formula is C16H14FN3S. The monoisotopic (exact) mass is 299 g/mol. The van der Waals surface area contributed by atoms with Crippen molar-refractivity contribution < 1.29 is 4.39 Å². The Morgan fingerprint density at radius 3 is 2.76 bits per heavy atom. The Hall–Kier alpha value is -2.01. The molecule has 1 aliphatic rings. The number of aryl methyl sites for hydroxylation is 2. The minimum atomic E-state index is -0.322. The molecule has 1 aromatic carbocycles. The van der Waals surface area contributed by atoms with Gasteiger partial charge in [-0.25, -0.2) is 14.4 Å². The molecule has 0 amide bonds. The Balaban J connectivity index is 1.96. The first-order valence-corrected chi connectivity index (χ1v) is 7.88. The number of hydrogen-bond acceptors (Lipinski definition) is 4. The molecule has 0 spiro atoms. The van der Waals surface area contributed by atoms with Crippen LogP contribution in [0.15, 0.2) is 24.3 Å². The number of thiophene rings is 1. The van der Waals surface area contributed by atoms with Crippen LogP contribution in [0.5, 0.6) is 0 Å². The van der Waals surface area contributed by atoms with E-state index in [1.165, 1.54) is 29.3 Å². The van der Waals surface area contributed by atoms with E-state index in [9.17, 15) is 4.39 Å². The van der Waals surface area contributed by atoms with Gasteiger partial charge in [-0.3, -0.25) is 0 Å². The van der Waals surface area contributed by atoms with Gasteiger partial charge in [-0.15, -0.1) is 11.3 Å². The van der Waals surface area contributed by atoms with Gasteiger partial charge < -0.3 is 5.73 Å². The summed E-state index contributed by atoms with van der Waals surface area (Å²) in [6.07, 6.45) is 4.54. The van der Waals surface area contributed by atoms with Crippen LogP contribution in [0, 0.1) is 5.82 Å². The summed E-state index contributed by atoms with van der Waals surface area (Å²) in [6, 6.07) is 6.54. The van der Waals surface area contributed by atoms with Crippen molar-refractivity contribution in [2.75, 3.05) is 5.73 Å². The molecule has 21 heavy (non-hydrogen) atoms. The van der Waals surface area contributed by atoms with Crippen LogP contribution < -0.4 is 5.73 Å². The average molecular weight is 299 g/mol. The van der Waals surface area contributed by atoms with Crippen LogP contribution in [0.25, 0.3) is 21.6 Å². The maximum absolute atomic E-state index is 13.9. The Kier molecular flexibility index (Phi) is 2.89. The van der Waals surface area contributed by atoms with Gasteiger partial charge in [-0.1, -0.05) is 12.1 Å². The number of nitrogens with zero attached hydrogens (tertiary/aromatic N) is 2. The van der Waals surface area contributed by atoms with Gasteiger partial charge in [0.15, 0.2) is 5.82 Å². The number of aromatic nitrogens is 2. The minimum Gasteiger partial charge on any atom is -0.383 e. The predicted octanol–water partition coefficient (Wildman–Crippen LogP) is 3.96. The highest BCUT2D eigenvalue weighted by Gasteiger charge is 2.20. The van der Waals surface area contributed by atoms with Gasteiger partial charge in [-0.05, 0) is 43.4 Å². The van der Waals surface area contributed by atoms with Crippen LogP contribution in [0.2, 0.25) is 0 Å². The smallest absolute Gasteiger partial charge is 0.166 e. The first-order valence-electron chi connectivity index (χ1n) is 7.06. The molecule has 4 rings (SSSR count). The second-order valence-electron chi connectivity index (χ2n) is 5.30. The SMILES string of the molecule is Nc1nc(-c2ccccc2F)nc2sc3c(c12)CCCC3. The van der Waals surface area contributed by atoms with E-state index >= 15 is 0 Å². The van der Waals surface area contributed by atoms with Crippen molar-refractivity contribution in [1.29, 1.82) is 0 Å². The molecule has 3 aromatic rings. The highest BCUT2D eigenvalue weighted by molar-refractivity contribution is 7.19. The summed E-state index contributed by atoms with van der Waals surface area (Å²) >= 11 is 1.68. The van der Waals surface area contributed by atoms with E-state index in [-0.39, 0.29) is 5.82 Å². The van der Waals surface area contributed by atoms with Crippen LogP contribution in [0.3, 0.4) is 0 Å². The molecule has 106 valence electrons. The summed E-state index contributed by atoms with van der Waals surface area (Å²) < 4.78 is 13.9. The lowest BCUT2D eigenvalue weighted by atomic mass is 9.97. The van der Waals surface area contributed by atoms with Crippen LogP contribution in [0.1, 0.15) is 23.3 Å². The van der Waals surface area contributed by atoms with Crippen molar-refractivity contribution in [3.05, 3.63) is 40.5 Å². The zero-order valence-electron chi connectivity index (χ0n) is 11.4. The maximum atomic E-state index is 13.9. The lowest BCUT2D eigenvalue weighted by Gasteiger charge is -2.10. The molecule has 5 heteroatoms. The largest absolute Gasteiger partial charge is 0.383 e. The summed E-state index contributed by atoms with van der Waals surface area (Å²) in [4.78, 5) is 11.2. The van der Waals surface area contributed by atoms with Crippen LogP contribution in [0.4, 0.5) is 10.2 Å². The molecule has 0 aliphatic heterocycles. The fourth-order valence-corrected chi connectivity index (χ4v) is 4.22.